The summed E-state index contributed by atoms with van der Waals surface area (Å²) >= 11 is 0. The van der Waals surface area contributed by atoms with Crippen LogP contribution in [-0.4, -0.2) is 0 Å². The van der Waals surface area contributed by atoms with E-state index < -0.39 is 0 Å². The monoisotopic (exact) mass is 563 g/mol. The van der Waals surface area contributed by atoms with E-state index in [1.807, 2.05) is 0 Å². The predicted octanol–water partition coefficient (Wildman–Crippen LogP) is 11.9. The SMILES string of the molecule is CC1(C)c2ccccc2-c2ccc3c(N(c4ccccc4)c4ccccc4-c4ccccc4-c4ccccc4)cccc3c21. The van der Waals surface area contributed by atoms with E-state index in [1.54, 1.807) is 0 Å². The van der Waals surface area contributed by atoms with Gasteiger partial charge in [-0.05, 0) is 68.6 Å². The Bertz CT molecular complexity index is 2140. The molecule has 1 aliphatic carbocycles. The summed E-state index contributed by atoms with van der Waals surface area (Å²) in [5.41, 5.74) is 13.7. The smallest absolute Gasteiger partial charge is 0.0540 e. The van der Waals surface area contributed by atoms with Gasteiger partial charge in [-0.15, -0.1) is 0 Å². The zero-order valence-corrected chi connectivity index (χ0v) is 25.0. The highest BCUT2D eigenvalue weighted by Gasteiger charge is 2.37. The van der Waals surface area contributed by atoms with Crippen molar-refractivity contribution >= 4 is 27.8 Å². The van der Waals surface area contributed by atoms with Crippen LogP contribution >= 0.6 is 0 Å². The van der Waals surface area contributed by atoms with Crippen molar-refractivity contribution in [1.82, 2.24) is 0 Å². The highest BCUT2D eigenvalue weighted by Crippen LogP contribution is 2.53. The minimum atomic E-state index is -0.0891. The third-order valence-electron chi connectivity index (χ3n) is 9.26. The van der Waals surface area contributed by atoms with Gasteiger partial charge in [0.2, 0.25) is 0 Å². The Morgan fingerprint density at radius 3 is 1.75 bits per heavy atom. The van der Waals surface area contributed by atoms with Crippen molar-refractivity contribution in [2.45, 2.75) is 19.3 Å². The van der Waals surface area contributed by atoms with Crippen LogP contribution in [-0.2, 0) is 5.41 Å². The summed E-state index contributed by atoms with van der Waals surface area (Å²) in [6.45, 7) is 4.74. The molecule has 0 saturated heterocycles. The third kappa shape index (κ3) is 4.08. The van der Waals surface area contributed by atoms with Crippen molar-refractivity contribution in [2.24, 2.45) is 0 Å². The molecule has 0 N–H and O–H groups in total. The molecule has 1 nitrogen and oxygen atoms in total. The van der Waals surface area contributed by atoms with Gasteiger partial charge in [-0.2, -0.15) is 0 Å². The number of benzene rings is 7. The molecule has 0 spiro atoms. The van der Waals surface area contributed by atoms with Gasteiger partial charge in [0.25, 0.3) is 0 Å². The highest BCUT2D eigenvalue weighted by molar-refractivity contribution is 6.06. The maximum atomic E-state index is 2.45. The molecule has 8 rings (SSSR count). The molecule has 44 heavy (non-hydrogen) atoms. The first-order valence-corrected chi connectivity index (χ1v) is 15.4. The summed E-state index contributed by atoms with van der Waals surface area (Å²) in [5.74, 6) is 0. The van der Waals surface area contributed by atoms with Crippen LogP contribution in [0.5, 0.6) is 0 Å². The largest absolute Gasteiger partial charge is 0.309 e. The zero-order chi connectivity index (χ0) is 29.7. The van der Waals surface area contributed by atoms with E-state index in [0.717, 1.165) is 11.4 Å². The van der Waals surface area contributed by atoms with Crippen molar-refractivity contribution in [3.8, 4) is 33.4 Å². The van der Waals surface area contributed by atoms with Gasteiger partial charge in [0.1, 0.15) is 0 Å². The first-order chi connectivity index (χ1) is 21.6. The number of para-hydroxylation sites is 2. The summed E-state index contributed by atoms with van der Waals surface area (Å²) < 4.78 is 0. The lowest BCUT2D eigenvalue weighted by molar-refractivity contribution is 0.666. The van der Waals surface area contributed by atoms with Gasteiger partial charge < -0.3 is 4.90 Å². The normalized spacial score (nSPS) is 13.0. The molecule has 0 atom stereocenters. The van der Waals surface area contributed by atoms with Crippen molar-refractivity contribution in [3.05, 3.63) is 175 Å². The van der Waals surface area contributed by atoms with E-state index in [0.29, 0.717) is 0 Å². The number of hydrogen-bond acceptors (Lipinski definition) is 1. The van der Waals surface area contributed by atoms with Crippen molar-refractivity contribution < 1.29 is 0 Å². The van der Waals surface area contributed by atoms with Gasteiger partial charge in [-0.3, -0.25) is 0 Å². The number of nitrogens with zero attached hydrogens (tertiary/aromatic N) is 1. The second-order valence-corrected chi connectivity index (χ2v) is 12.1. The van der Waals surface area contributed by atoms with Crippen LogP contribution in [0.1, 0.15) is 25.0 Å². The van der Waals surface area contributed by atoms with Gasteiger partial charge in [0, 0.05) is 22.1 Å². The lowest BCUT2D eigenvalue weighted by Gasteiger charge is -2.30. The first kappa shape index (κ1) is 26.2. The number of fused-ring (bicyclic) bond motifs is 5. The molecule has 7 aromatic rings. The fourth-order valence-electron chi connectivity index (χ4n) is 7.30. The Balaban J connectivity index is 1.39. The average Bonchev–Trinajstić information content (AvgIpc) is 3.33. The predicted molar refractivity (Wildman–Crippen MR) is 187 cm³/mol. The van der Waals surface area contributed by atoms with Crippen LogP contribution in [0.15, 0.2) is 164 Å². The van der Waals surface area contributed by atoms with Crippen molar-refractivity contribution in [3.63, 3.8) is 0 Å². The van der Waals surface area contributed by atoms with E-state index in [1.165, 1.54) is 61.0 Å². The molecule has 0 aliphatic heterocycles. The topological polar surface area (TPSA) is 3.24 Å². The molecule has 0 saturated carbocycles. The molecule has 1 aliphatic rings. The van der Waals surface area contributed by atoms with Gasteiger partial charge in [0.05, 0.1) is 11.4 Å². The second-order valence-electron chi connectivity index (χ2n) is 12.1. The van der Waals surface area contributed by atoms with Crippen LogP contribution in [0.25, 0.3) is 44.2 Å². The fourth-order valence-corrected chi connectivity index (χ4v) is 7.30. The molecule has 0 amide bonds. The van der Waals surface area contributed by atoms with E-state index in [4.69, 9.17) is 0 Å². The van der Waals surface area contributed by atoms with Crippen LogP contribution in [0.4, 0.5) is 17.1 Å². The standard InChI is InChI=1S/C43H33N/c1-43(2)39-25-13-11-22-34(39)38-29-28-36-37(42(38)43)24-15-27-41(36)44(31-18-7-4-8-19-31)40-26-14-12-23-35(40)33-21-10-9-20-32(33)30-16-5-3-6-17-30/h3-29H,1-2H3. The van der Waals surface area contributed by atoms with Crippen molar-refractivity contribution in [2.75, 3.05) is 4.90 Å². The molecular formula is C43H33N. The minimum Gasteiger partial charge on any atom is -0.309 e. The number of hydrogen-bond donors (Lipinski definition) is 0. The van der Waals surface area contributed by atoms with Gasteiger partial charge >= 0.3 is 0 Å². The van der Waals surface area contributed by atoms with Crippen molar-refractivity contribution in [1.29, 1.82) is 0 Å². The fraction of sp³-hybridized carbons (Fsp3) is 0.0698. The van der Waals surface area contributed by atoms with Crippen LogP contribution < -0.4 is 4.90 Å². The molecule has 210 valence electrons. The Kier molecular flexibility index (Phi) is 6.20. The van der Waals surface area contributed by atoms with E-state index in [9.17, 15) is 0 Å². The van der Waals surface area contributed by atoms with Gasteiger partial charge in [0.15, 0.2) is 0 Å². The molecule has 7 aromatic carbocycles. The molecule has 0 heterocycles. The summed E-state index contributed by atoms with van der Waals surface area (Å²) in [7, 11) is 0. The summed E-state index contributed by atoms with van der Waals surface area (Å²) in [5, 5.41) is 2.56. The van der Waals surface area contributed by atoms with E-state index >= 15 is 0 Å². The molecule has 0 fully saturated rings. The van der Waals surface area contributed by atoms with Gasteiger partial charge in [-0.25, -0.2) is 0 Å². The summed E-state index contributed by atoms with van der Waals surface area (Å²) in [4.78, 5) is 2.45. The number of rotatable bonds is 5. The van der Waals surface area contributed by atoms with Crippen LogP contribution in [0, 0.1) is 0 Å². The Morgan fingerprint density at radius 2 is 0.977 bits per heavy atom. The molecule has 0 radical (unpaired) electrons. The lowest BCUT2D eigenvalue weighted by atomic mass is 9.80. The summed E-state index contributed by atoms with van der Waals surface area (Å²) in [6.07, 6.45) is 0. The number of anilines is 3. The molecular weight excluding hydrogens is 530 g/mol. The van der Waals surface area contributed by atoms with E-state index in [-0.39, 0.29) is 5.41 Å². The average molecular weight is 564 g/mol. The highest BCUT2D eigenvalue weighted by atomic mass is 15.1. The van der Waals surface area contributed by atoms with Crippen LogP contribution in [0.3, 0.4) is 0 Å². The minimum absolute atomic E-state index is 0.0891. The molecule has 1 heteroatoms. The third-order valence-corrected chi connectivity index (χ3v) is 9.26. The van der Waals surface area contributed by atoms with E-state index in [2.05, 4.69) is 183 Å². The quantitative estimate of drug-likeness (QED) is 0.201. The van der Waals surface area contributed by atoms with Crippen LogP contribution in [0.2, 0.25) is 0 Å². The van der Waals surface area contributed by atoms with Gasteiger partial charge in [-0.1, -0.05) is 153 Å². The maximum Gasteiger partial charge on any atom is 0.0540 e. The Labute approximate surface area is 259 Å². The Morgan fingerprint density at radius 1 is 0.386 bits per heavy atom. The summed E-state index contributed by atoms with van der Waals surface area (Å²) in [6, 6.07) is 59.4. The first-order valence-electron chi connectivity index (χ1n) is 15.4. The molecule has 0 aromatic heterocycles. The maximum absolute atomic E-state index is 2.45. The molecule has 0 unspecified atom stereocenters. The molecule has 0 bridgehead atoms. The second kappa shape index (κ2) is 10.4. The Hall–Kier alpha value is -5.40. The lowest BCUT2D eigenvalue weighted by Crippen LogP contribution is -2.16. The zero-order valence-electron chi connectivity index (χ0n) is 25.0.